The molecule has 7 nitrogen and oxygen atoms in total. The fourth-order valence-electron chi connectivity index (χ4n) is 3.08. The second-order valence-corrected chi connectivity index (χ2v) is 7.32. The normalized spacial score (nSPS) is 18.8. The van der Waals surface area contributed by atoms with Crippen LogP contribution >= 0.6 is 11.6 Å². The number of hydrogen-bond acceptors (Lipinski definition) is 4. The molecule has 1 aliphatic rings. The average molecular weight is 401 g/mol. The van der Waals surface area contributed by atoms with Crippen molar-refractivity contribution in [1.29, 1.82) is 0 Å². The molecule has 146 valence electrons. The first-order valence-corrected chi connectivity index (χ1v) is 9.06. The van der Waals surface area contributed by atoms with Crippen molar-refractivity contribution in [2.45, 2.75) is 12.5 Å². The van der Waals surface area contributed by atoms with Crippen molar-refractivity contribution in [3.8, 4) is 0 Å². The number of urea groups is 1. The molecule has 0 aliphatic carbocycles. The maximum Gasteiger partial charge on any atom is 0.325 e. The summed E-state index contributed by atoms with van der Waals surface area (Å²) in [7, 11) is 3.84. The van der Waals surface area contributed by atoms with Gasteiger partial charge in [0, 0.05) is 36.1 Å². The molecular formula is C20H21ClN4O3. The van der Waals surface area contributed by atoms with Crippen LogP contribution in [0.3, 0.4) is 0 Å². The summed E-state index contributed by atoms with van der Waals surface area (Å²) in [5.74, 6) is -0.992. The third kappa shape index (κ3) is 3.66. The minimum Gasteiger partial charge on any atom is -0.378 e. The van der Waals surface area contributed by atoms with Crippen LogP contribution in [-0.2, 0) is 15.1 Å². The maximum atomic E-state index is 12.9. The number of imide groups is 1. The van der Waals surface area contributed by atoms with E-state index in [1.54, 1.807) is 43.3 Å². The summed E-state index contributed by atoms with van der Waals surface area (Å²) in [5, 5.41) is 5.71. The first-order chi connectivity index (χ1) is 13.2. The van der Waals surface area contributed by atoms with Gasteiger partial charge in [0.05, 0.1) is 0 Å². The van der Waals surface area contributed by atoms with Crippen molar-refractivity contribution in [2.24, 2.45) is 0 Å². The molecule has 0 spiro atoms. The van der Waals surface area contributed by atoms with Gasteiger partial charge in [-0.1, -0.05) is 29.8 Å². The van der Waals surface area contributed by atoms with E-state index in [1.807, 2.05) is 31.1 Å². The molecule has 1 saturated heterocycles. The molecule has 1 unspecified atom stereocenters. The molecule has 1 aliphatic heterocycles. The molecule has 0 aromatic heterocycles. The Balaban J connectivity index is 1.72. The van der Waals surface area contributed by atoms with E-state index in [-0.39, 0.29) is 6.54 Å². The zero-order valence-corrected chi connectivity index (χ0v) is 16.6. The molecule has 1 heterocycles. The lowest BCUT2D eigenvalue weighted by Gasteiger charge is -2.23. The number of nitrogens with zero attached hydrogens (tertiary/aromatic N) is 2. The van der Waals surface area contributed by atoms with Crippen molar-refractivity contribution in [1.82, 2.24) is 10.2 Å². The van der Waals surface area contributed by atoms with Gasteiger partial charge < -0.3 is 15.5 Å². The van der Waals surface area contributed by atoms with Crippen LogP contribution in [0, 0.1) is 0 Å². The molecule has 2 aromatic carbocycles. The van der Waals surface area contributed by atoms with Gasteiger partial charge in [-0.15, -0.1) is 0 Å². The fourth-order valence-corrected chi connectivity index (χ4v) is 3.40. The van der Waals surface area contributed by atoms with Crippen molar-refractivity contribution in [3.63, 3.8) is 0 Å². The van der Waals surface area contributed by atoms with Gasteiger partial charge in [-0.2, -0.15) is 0 Å². The number of carbonyl (C=O) groups is 3. The van der Waals surface area contributed by atoms with Gasteiger partial charge in [-0.3, -0.25) is 14.5 Å². The number of carbonyl (C=O) groups excluding carboxylic acids is 3. The summed E-state index contributed by atoms with van der Waals surface area (Å²) in [6, 6.07) is 13.4. The molecule has 2 aromatic rings. The average Bonchev–Trinajstić information content (AvgIpc) is 2.86. The van der Waals surface area contributed by atoms with Gasteiger partial charge in [0.2, 0.25) is 5.91 Å². The van der Waals surface area contributed by atoms with Gasteiger partial charge in [0.15, 0.2) is 0 Å². The quantitative estimate of drug-likeness (QED) is 0.756. The first-order valence-electron chi connectivity index (χ1n) is 8.69. The van der Waals surface area contributed by atoms with Gasteiger partial charge in [-0.25, -0.2) is 4.79 Å². The second-order valence-electron chi connectivity index (χ2n) is 6.92. The second kappa shape index (κ2) is 7.52. The van der Waals surface area contributed by atoms with Gasteiger partial charge >= 0.3 is 6.03 Å². The highest BCUT2D eigenvalue weighted by atomic mass is 35.5. The van der Waals surface area contributed by atoms with E-state index in [4.69, 9.17) is 11.6 Å². The Hall–Kier alpha value is -3.06. The van der Waals surface area contributed by atoms with Gasteiger partial charge in [-0.05, 0) is 37.3 Å². The van der Waals surface area contributed by atoms with E-state index in [9.17, 15) is 14.4 Å². The molecule has 8 heteroatoms. The van der Waals surface area contributed by atoms with Crippen LogP contribution in [-0.4, -0.2) is 43.4 Å². The fraction of sp³-hybridized carbons (Fsp3) is 0.250. The largest absolute Gasteiger partial charge is 0.378 e. The molecule has 0 radical (unpaired) electrons. The van der Waals surface area contributed by atoms with E-state index >= 15 is 0 Å². The number of nitrogens with one attached hydrogen (secondary N) is 2. The Morgan fingerprint density at radius 3 is 2.39 bits per heavy atom. The highest BCUT2D eigenvalue weighted by Gasteiger charge is 2.50. The smallest absolute Gasteiger partial charge is 0.325 e. The topological polar surface area (TPSA) is 81.8 Å². The van der Waals surface area contributed by atoms with E-state index in [2.05, 4.69) is 10.6 Å². The third-order valence-electron chi connectivity index (χ3n) is 4.66. The molecule has 28 heavy (non-hydrogen) atoms. The Bertz CT molecular complexity index is 929. The molecular weight excluding hydrogens is 380 g/mol. The van der Waals surface area contributed by atoms with E-state index < -0.39 is 23.4 Å². The number of halogens is 1. The monoisotopic (exact) mass is 400 g/mol. The van der Waals surface area contributed by atoms with Crippen LogP contribution in [0.25, 0.3) is 0 Å². The number of benzene rings is 2. The van der Waals surface area contributed by atoms with Crippen LogP contribution in [0.4, 0.5) is 16.2 Å². The Morgan fingerprint density at radius 2 is 1.79 bits per heavy atom. The molecule has 1 atom stereocenters. The number of anilines is 2. The number of hydrogen-bond donors (Lipinski definition) is 2. The first kappa shape index (κ1) is 19.7. The predicted octanol–water partition coefficient (Wildman–Crippen LogP) is 2.81. The summed E-state index contributed by atoms with van der Waals surface area (Å²) in [6.45, 7) is 1.19. The van der Waals surface area contributed by atoms with Crippen molar-refractivity contribution in [2.75, 3.05) is 30.9 Å². The zero-order valence-electron chi connectivity index (χ0n) is 15.8. The minimum atomic E-state index is -1.32. The van der Waals surface area contributed by atoms with E-state index in [1.165, 1.54) is 0 Å². The Kier molecular flexibility index (Phi) is 5.29. The SMILES string of the molecule is CN(C)c1ccc(NC(=O)CN2C(=O)NC(C)(c3ccccc3Cl)C2=O)cc1. The van der Waals surface area contributed by atoms with Crippen LogP contribution in [0.15, 0.2) is 48.5 Å². The molecule has 4 amide bonds. The summed E-state index contributed by atoms with van der Waals surface area (Å²) < 4.78 is 0. The molecule has 3 rings (SSSR count). The molecule has 0 saturated carbocycles. The molecule has 1 fully saturated rings. The third-order valence-corrected chi connectivity index (χ3v) is 4.99. The van der Waals surface area contributed by atoms with Gasteiger partial charge in [0.25, 0.3) is 5.91 Å². The van der Waals surface area contributed by atoms with Crippen LogP contribution < -0.4 is 15.5 Å². The van der Waals surface area contributed by atoms with Crippen molar-refractivity contribution >= 4 is 40.8 Å². The highest BCUT2D eigenvalue weighted by molar-refractivity contribution is 6.32. The predicted molar refractivity (Wildman–Crippen MR) is 108 cm³/mol. The Morgan fingerprint density at radius 1 is 1.14 bits per heavy atom. The van der Waals surface area contributed by atoms with E-state index in [0.29, 0.717) is 16.3 Å². The minimum absolute atomic E-state index is 0.367. The standard InChI is InChI=1S/C20H21ClN4O3/c1-20(15-6-4-5-7-16(15)21)18(27)25(19(28)23-20)12-17(26)22-13-8-10-14(11-9-13)24(2)3/h4-11H,12H2,1-3H3,(H,22,26)(H,23,28). The molecule has 0 bridgehead atoms. The summed E-state index contributed by atoms with van der Waals surface area (Å²) in [6.07, 6.45) is 0. The van der Waals surface area contributed by atoms with Crippen LogP contribution in [0.1, 0.15) is 12.5 Å². The lowest BCUT2D eigenvalue weighted by molar-refractivity contribution is -0.133. The molecule has 2 N–H and O–H groups in total. The zero-order chi connectivity index (χ0) is 20.5. The lowest BCUT2D eigenvalue weighted by atomic mass is 9.92. The summed E-state index contributed by atoms with van der Waals surface area (Å²) in [5.41, 5.74) is 0.736. The van der Waals surface area contributed by atoms with Crippen molar-refractivity contribution < 1.29 is 14.4 Å². The summed E-state index contributed by atoms with van der Waals surface area (Å²) >= 11 is 6.20. The lowest BCUT2D eigenvalue weighted by Crippen LogP contribution is -2.42. The Labute approximate surface area is 168 Å². The maximum absolute atomic E-state index is 12.9. The van der Waals surface area contributed by atoms with E-state index in [0.717, 1.165) is 10.6 Å². The summed E-state index contributed by atoms with van der Waals surface area (Å²) in [4.78, 5) is 40.5. The number of amides is 4. The van der Waals surface area contributed by atoms with Crippen LogP contribution in [0.5, 0.6) is 0 Å². The van der Waals surface area contributed by atoms with Crippen molar-refractivity contribution in [3.05, 3.63) is 59.1 Å². The van der Waals surface area contributed by atoms with Gasteiger partial charge in [0.1, 0.15) is 12.1 Å². The van der Waals surface area contributed by atoms with Crippen LogP contribution in [0.2, 0.25) is 5.02 Å². The number of rotatable bonds is 5. The highest BCUT2D eigenvalue weighted by Crippen LogP contribution is 2.33.